The van der Waals surface area contributed by atoms with Gasteiger partial charge in [-0.25, -0.2) is 13.6 Å². The summed E-state index contributed by atoms with van der Waals surface area (Å²) in [5.74, 6) is -2.12. The van der Waals surface area contributed by atoms with Crippen LogP contribution in [-0.2, 0) is 4.74 Å². The van der Waals surface area contributed by atoms with Crippen molar-refractivity contribution in [1.29, 1.82) is 0 Å². The first-order valence-electron chi connectivity index (χ1n) is 7.19. The van der Waals surface area contributed by atoms with Crippen molar-refractivity contribution in [3.63, 3.8) is 0 Å². The number of halogens is 2. The Morgan fingerprint density at radius 1 is 1.41 bits per heavy atom. The highest BCUT2D eigenvalue weighted by Gasteiger charge is 2.27. The van der Waals surface area contributed by atoms with Crippen LogP contribution in [0.3, 0.4) is 0 Å². The highest BCUT2D eigenvalue weighted by Crippen LogP contribution is 2.17. The van der Waals surface area contributed by atoms with Gasteiger partial charge in [0.05, 0.1) is 12.2 Å². The molecule has 1 atom stereocenters. The van der Waals surface area contributed by atoms with Crippen LogP contribution < -0.4 is 5.32 Å². The summed E-state index contributed by atoms with van der Waals surface area (Å²) >= 11 is 0. The van der Waals surface area contributed by atoms with E-state index in [1.165, 1.54) is 4.90 Å². The average molecular weight is 312 g/mol. The minimum Gasteiger partial charge on any atom is -0.450 e. The van der Waals surface area contributed by atoms with E-state index in [2.05, 4.69) is 5.32 Å². The van der Waals surface area contributed by atoms with E-state index in [1.807, 2.05) is 0 Å². The fraction of sp³-hybridized carbons (Fsp3) is 0.467. The highest BCUT2D eigenvalue weighted by atomic mass is 19.1. The monoisotopic (exact) mass is 312 g/mol. The first-order chi connectivity index (χ1) is 10.5. The minimum absolute atomic E-state index is 0.168. The van der Waals surface area contributed by atoms with Crippen molar-refractivity contribution >= 4 is 12.0 Å². The van der Waals surface area contributed by atoms with E-state index in [4.69, 9.17) is 4.74 Å². The SMILES string of the molecule is CCOC(=O)N[C@H]1CCCN(C(=O)c2ccc(F)cc2F)C1. The highest BCUT2D eigenvalue weighted by molar-refractivity contribution is 5.94. The molecule has 0 radical (unpaired) electrons. The predicted molar refractivity (Wildman–Crippen MR) is 75.4 cm³/mol. The molecule has 2 amide bonds. The fourth-order valence-electron chi connectivity index (χ4n) is 2.45. The lowest BCUT2D eigenvalue weighted by molar-refractivity contribution is 0.0681. The number of nitrogens with zero attached hydrogens (tertiary/aromatic N) is 1. The zero-order valence-electron chi connectivity index (χ0n) is 12.3. The number of carbonyl (C=O) groups excluding carboxylic acids is 2. The van der Waals surface area contributed by atoms with Crippen molar-refractivity contribution in [3.05, 3.63) is 35.4 Å². The normalized spacial score (nSPS) is 18.0. The molecule has 1 aliphatic heterocycles. The van der Waals surface area contributed by atoms with Gasteiger partial charge in [0, 0.05) is 25.2 Å². The molecule has 1 aliphatic rings. The van der Waals surface area contributed by atoms with E-state index in [0.29, 0.717) is 25.5 Å². The predicted octanol–water partition coefficient (Wildman–Crippen LogP) is 2.32. The van der Waals surface area contributed by atoms with E-state index in [0.717, 1.165) is 12.1 Å². The Balaban J connectivity index is 2.02. The van der Waals surface area contributed by atoms with Gasteiger partial charge in [-0.15, -0.1) is 0 Å². The largest absolute Gasteiger partial charge is 0.450 e. The van der Waals surface area contributed by atoms with Crippen molar-refractivity contribution in [2.24, 2.45) is 0 Å². The summed E-state index contributed by atoms with van der Waals surface area (Å²) in [6.45, 7) is 2.71. The third-order valence-electron chi connectivity index (χ3n) is 3.47. The van der Waals surface area contributed by atoms with Gasteiger partial charge in [-0.3, -0.25) is 4.79 Å². The maximum Gasteiger partial charge on any atom is 0.407 e. The minimum atomic E-state index is -0.884. The van der Waals surface area contributed by atoms with E-state index >= 15 is 0 Å². The molecule has 1 aromatic carbocycles. The maximum atomic E-state index is 13.7. The Bertz CT molecular complexity index is 566. The number of piperidine rings is 1. The van der Waals surface area contributed by atoms with E-state index in [-0.39, 0.29) is 24.8 Å². The Hall–Kier alpha value is -2.18. The summed E-state index contributed by atoms with van der Waals surface area (Å²) < 4.78 is 31.4. The van der Waals surface area contributed by atoms with Crippen molar-refractivity contribution < 1.29 is 23.1 Å². The van der Waals surface area contributed by atoms with Crippen molar-refractivity contribution in [1.82, 2.24) is 10.2 Å². The quantitative estimate of drug-likeness (QED) is 0.932. The van der Waals surface area contributed by atoms with Crippen molar-refractivity contribution in [3.8, 4) is 0 Å². The lowest BCUT2D eigenvalue weighted by Crippen LogP contribution is -2.49. The Kier molecular flexibility index (Phi) is 5.30. The van der Waals surface area contributed by atoms with E-state index in [9.17, 15) is 18.4 Å². The number of rotatable bonds is 3. The van der Waals surface area contributed by atoms with Gasteiger partial charge in [-0.2, -0.15) is 0 Å². The number of benzene rings is 1. The molecule has 2 rings (SSSR count). The zero-order valence-corrected chi connectivity index (χ0v) is 12.3. The van der Waals surface area contributed by atoms with Gasteiger partial charge in [0.2, 0.25) is 0 Å². The lowest BCUT2D eigenvalue weighted by Gasteiger charge is -2.33. The molecule has 22 heavy (non-hydrogen) atoms. The molecule has 5 nitrogen and oxygen atoms in total. The molecule has 1 aromatic rings. The van der Waals surface area contributed by atoms with E-state index < -0.39 is 23.6 Å². The van der Waals surface area contributed by atoms with Crippen molar-refractivity contribution in [2.75, 3.05) is 19.7 Å². The van der Waals surface area contributed by atoms with Crippen LogP contribution in [-0.4, -0.2) is 42.6 Å². The van der Waals surface area contributed by atoms with Crippen molar-refractivity contribution in [2.45, 2.75) is 25.8 Å². The molecule has 7 heteroatoms. The van der Waals surface area contributed by atoms with Crippen LogP contribution in [0.2, 0.25) is 0 Å². The summed E-state index contributed by atoms with van der Waals surface area (Å²) in [6.07, 6.45) is 0.870. The summed E-state index contributed by atoms with van der Waals surface area (Å²) in [6, 6.07) is 2.63. The van der Waals surface area contributed by atoms with Gasteiger partial charge >= 0.3 is 6.09 Å². The molecule has 1 fully saturated rings. The fourth-order valence-corrected chi connectivity index (χ4v) is 2.45. The van der Waals surface area contributed by atoms with Gasteiger partial charge in [0.15, 0.2) is 0 Å². The molecular formula is C15H18F2N2O3. The molecule has 0 aliphatic carbocycles. The van der Waals surface area contributed by atoms with Crippen LogP contribution in [0.5, 0.6) is 0 Å². The van der Waals surface area contributed by atoms with Crippen LogP contribution in [0.1, 0.15) is 30.1 Å². The number of alkyl carbamates (subject to hydrolysis) is 1. The molecular weight excluding hydrogens is 294 g/mol. The smallest absolute Gasteiger partial charge is 0.407 e. The number of hydrogen-bond acceptors (Lipinski definition) is 3. The van der Waals surface area contributed by atoms with Gasteiger partial charge in [0.25, 0.3) is 5.91 Å². The number of ether oxygens (including phenoxy) is 1. The number of carbonyl (C=O) groups is 2. The summed E-state index contributed by atoms with van der Waals surface area (Å²) in [5, 5.41) is 2.67. The van der Waals surface area contributed by atoms with Crippen LogP contribution in [0.4, 0.5) is 13.6 Å². The number of hydrogen-bond donors (Lipinski definition) is 1. The number of likely N-dealkylation sites (tertiary alicyclic amines) is 1. The standard InChI is InChI=1S/C15H18F2N2O3/c1-2-22-15(21)18-11-4-3-7-19(9-11)14(20)12-6-5-10(16)8-13(12)17/h5-6,8,11H,2-4,7,9H2,1H3,(H,18,21)/t11-/m0/s1. The van der Waals surface area contributed by atoms with Crippen LogP contribution >= 0.6 is 0 Å². The second kappa shape index (κ2) is 7.20. The lowest BCUT2D eigenvalue weighted by atomic mass is 10.0. The summed E-state index contributed by atoms with van der Waals surface area (Å²) in [7, 11) is 0. The third-order valence-corrected chi connectivity index (χ3v) is 3.47. The van der Waals surface area contributed by atoms with Gasteiger partial charge in [0.1, 0.15) is 11.6 Å². The average Bonchev–Trinajstić information content (AvgIpc) is 2.47. The Labute approximate surface area is 127 Å². The first-order valence-corrected chi connectivity index (χ1v) is 7.19. The first kappa shape index (κ1) is 16.2. The Morgan fingerprint density at radius 3 is 2.86 bits per heavy atom. The molecule has 120 valence electrons. The molecule has 1 N–H and O–H groups in total. The van der Waals surface area contributed by atoms with Gasteiger partial charge in [-0.1, -0.05) is 0 Å². The molecule has 0 bridgehead atoms. The van der Waals surface area contributed by atoms with Gasteiger partial charge in [-0.05, 0) is 31.9 Å². The van der Waals surface area contributed by atoms with Crippen LogP contribution in [0.15, 0.2) is 18.2 Å². The summed E-state index contributed by atoms with van der Waals surface area (Å²) in [4.78, 5) is 25.2. The van der Waals surface area contributed by atoms with E-state index in [1.54, 1.807) is 6.92 Å². The third kappa shape index (κ3) is 3.93. The number of amides is 2. The molecule has 0 unspecified atom stereocenters. The Morgan fingerprint density at radius 2 is 2.18 bits per heavy atom. The zero-order chi connectivity index (χ0) is 16.1. The topological polar surface area (TPSA) is 58.6 Å². The molecule has 0 aromatic heterocycles. The second-order valence-electron chi connectivity index (χ2n) is 5.08. The van der Waals surface area contributed by atoms with Gasteiger partial charge < -0.3 is 15.0 Å². The number of nitrogens with one attached hydrogen (secondary N) is 1. The van der Waals surface area contributed by atoms with Crippen LogP contribution in [0.25, 0.3) is 0 Å². The molecule has 1 saturated heterocycles. The second-order valence-corrected chi connectivity index (χ2v) is 5.08. The molecule has 1 heterocycles. The molecule has 0 saturated carbocycles. The summed E-state index contributed by atoms with van der Waals surface area (Å²) in [5.41, 5.74) is -0.168. The van der Waals surface area contributed by atoms with Crippen LogP contribution in [0, 0.1) is 11.6 Å². The maximum absolute atomic E-state index is 13.7. The molecule has 0 spiro atoms.